The lowest BCUT2D eigenvalue weighted by Gasteiger charge is -2.10. The van der Waals surface area contributed by atoms with Gasteiger partial charge in [0, 0.05) is 6.54 Å². The lowest BCUT2D eigenvalue weighted by molar-refractivity contribution is 0.457. The van der Waals surface area contributed by atoms with Gasteiger partial charge >= 0.3 is 0 Å². The van der Waals surface area contributed by atoms with Gasteiger partial charge < -0.3 is 5.32 Å². The van der Waals surface area contributed by atoms with Crippen LogP contribution in [0.2, 0.25) is 0 Å². The van der Waals surface area contributed by atoms with Crippen molar-refractivity contribution in [3.05, 3.63) is 16.8 Å². The topological polar surface area (TPSA) is 61.6 Å². The van der Waals surface area contributed by atoms with Crippen molar-refractivity contribution < 1.29 is 0 Å². The number of nitrogens with one attached hydrogen (secondary N) is 1. The van der Waals surface area contributed by atoms with Crippen molar-refractivity contribution in [1.29, 1.82) is 5.26 Å². The van der Waals surface area contributed by atoms with Gasteiger partial charge in [0.05, 0.1) is 5.69 Å². The predicted molar refractivity (Wildman–Crippen MR) is 75.8 cm³/mol. The molecular formula is C15H22N4. The highest BCUT2D eigenvalue weighted by Gasteiger charge is 2.64. The first-order valence-corrected chi connectivity index (χ1v) is 6.71. The first kappa shape index (κ1) is 13.8. The normalized spacial score (nSPS) is 19.8. The van der Waals surface area contributed by atoms with Crippen molar-refractivity contribution in [2.45, 2.75) is 41.5 Å². The molecule has 0 saturated heterocycles. The fourth-order valence-corrected chi connectivity index (χ4v) is 2.91. The number of aryl methyl sites for hydroxylation is 1. The minimum Gasteiger partial charge on any atom is -0.367 e. The number of hydrogen-bond acceptors (Lipinski definition) is 4. The quantitative estimate of drug-likeness (QED) is 0.905. The van der Waals surface area contributed by atoms with Crippen molar-refractivity contribution in [1.82, 2.24) is 10.2 Å². The molecule has 1 aromatic rings. The Morgan fingerprint density at radius 2 is 1.74 bits per heavy atom. The van der Waals surface area contributed by atoms with Gasteiger partial charge in [-0.2, -0.15) is 10.4 Å². The maximum atomic E-state index is 9.25. The summed E-state index contributed by atoms with van der Waals surface area (Å²) in [7, 11) is 0. The van der Waals surface area contributed by atoms with Crippen LogP contribution in [0.15, 0.2) is 0 Å². The zero-order valence-electron chi connectivity index (χ0n) is 12.6. The lowest BCUT2D eigenvalue weighted by atomic mass is 10.0. The van der Waals surface area contributed by atoms with Gasteiger partial charge in [-0.25, -0.2) is 0 Å². The van der Waals surface area contributed by atoms with Crippen LogP contribution in [-0.4, -0.2) is 16.7 Å². The number of anilines is 1. The van der Waals surface area contributed by atoms with Gasteiger partial charge in [-0.15, -0.1) is 5.10 Å². The number of hydrogen-bond donors (Lipinski definition) is 1. The molecule has 0 aromatic carbocycles. The Balaban J connectivity index is 2.15. The Bertz CT molecular complexity index is 538. The molecule has 0 unspecified atom stereocenters. The highest BCUT2D eigenvalue weighted by molar-refractivity contribution is 5.55. The van der Waals surface area contributed by atoms with Crippen LogP contribution < -0.4 is 5.32 Å². The van der Waals surface area contributed by atoms with Crippen LogP contribution in [0.25, 0.3) is 0 Å². The van der Waals surface area contributed by atoms with Crippen LogP contribution >= 0.6 is 0 Å². The molecule has 0 spiro atoms. The van der Waals surface area contributed by atoms with Crippen LogP contribution in [0.1, 0.15) is 44.5 Å². The van der Waals surface area contributed by atoms with E-state index in [4.69, 9.17) is 0 Å². The van der Waals surface area contributed by atoms with E-state index in [0.717, 1.165) is 17.8 Å². The maximum Gasteiger partial charge on any atom is 0.166 e. The highest BCUT2D eigenvalue weighted by atomic mass is 15.2. The summed E-state index contributed by atoms with van der Waals surface area (Å²) in [5.74, 6) is 1.21. The third-order valence-electron chi connectivity index (χ3n) is 5.36. The van der Waals surface area contributed by atoms with Gasteiger partial charge in [-0.1, -0.05) is 27.7 Å². The fraction of sp³-hybridized carbons (Fsp3) is 0.667. The summed E-state index contributed by atoms with van der Waals surface area (Å²) in [6.45, 7) is 13.8. The molecule has 4 heteroatoms. The second-order valence-electron chi connectivity index (χ2n) is 6.62. The molecule has 1 aromatic heterocycles. The average molecular weight is 258 g/mol. The van der Waals surface area contributed by atoms with Gasteiger partial charge in [0.1, 0.15) is 11.6 Å². The van der Waals surface area contributed by atoms with Gasteiger partial charge in [0.15, 0.2) is 5.82 Å². The van der Waals surface area contributed by atoms with E-state index in [1.165, 1.54) is 0 Å². The number of aromatic nitrogens is 2. The third-order valence-corrected chi connectivity index (χ3v) is 5.36. The molecule has 0 bridgehead atoms. The summed E-state index contributed by atoms with van der Waals surface area (Å²) in [6, 6.07) is 2.23. The summed E-state index contributed by atoms with van der Waals surface area (Å²) >= 11 is 0. The van der Waals surface area contributed by atoms with Crippen molar-refractivity contribution in [3.8, 4) is 6.07 Å². The maximum absolute atomic E-state index is 9.25. The van der Waals surface area contributed by atoms with E-state index in [1.54, 1.807) is 0 Å². The molecule has 0 radical (unpaired) electrons. The summed E-state index contributed by atoms with van der Waals surface area (Å²) < 4.78 is 0. The molecule has 1 fully saturated rings. The third kappa shape index (κ3) is 1.98. The number of nitriles is 1. The second kappa shape index (κ2) is 4.19. The van der Waals surface area contributed by atoms with Crippen molar-refractivity contribution in [2.75, 3.05) is 11.9 Å². The Labute approximate surface area is 115 Å². The molecular weight excluding hydrogens is 236 g/mol. The Hall–Kier alpha value is -1.63. The van der Waals surface area contributed by atoms with Crippen LogP contribution in [-0.2, 0) is 0 Å². The van der Waals surface area contributed by atoms with E-state index in [2.05, 4.69) is 49.3 Å². The molecule has 1 N–H and O–H groups in total. The van der Waals surface area contributed by atoms with E-state index < -0.39 is 0 Å². The SMILES string of the molecule is Cc1nnc(NCC2C(C)(C)C2(C)C)c(C#N)c1C. The van der Waals surface area contributed by atoms with E-state index in [1.807, 2.05) is 13.8 Å². The summed E-state index contributed by atoms with van der Waals surface area (Å²) in [5, 5.41) is 20.8. The molecule has 19 heavy (non-hydrogen) atoms. The smallest absolute Gasteiger partial charge is 0.166 e. The summed E-state index contributed by atoms with van der Waals surface area (Å²) in [5.41, 5.74) is 3.01. The van der Waals surface area contributed by atoms with Crippen LogP contribution in [0.3, 0.4) is 0 Å². The first-order chi connectivity index (χ1) is 8.73. The predicted octanol–water partition coefficient (Wildman–Crippen LogP) is 3.06. The van der Waals surface area contributed by atoms with E-state index >= 15 is 0 Å². The molecule has 0 amide bonds. The Kier molecular flexibility index (Phi) is 3.04. The molecule has 0 atom stereocenters. The Morgan fingerprint density at radius 3 is 2.21 bits per heavy atom. The van der Waals surface area contributed by atoms with Gasteiger partial charge in [0.25, 0.3) is 0 Å². The average Bonchev–Trinajstić information content (AvgIpc) is 2.72. The standard InChI is InChI=1S/C15H22N4/c1-9-10(2)18-19-13(11(9)7-16)17-8-12-14(3,4)15(12,5)6/h12H,8H2,1-6H3,(H,17,19). The zero-order valence-corrected chi connectivity index (χ0v) is 12.6. The minimum atomic E-state index is 0.333. The van der Waals surface area contributed by atoms with Crippen molar-refractivity contribution >= 4 is 5.82 Å². The van der Waals surface area contributed by atoms with Crippen LogP contribution in [0, 0.1) is 41.9 Å². The molecule has 2 rings (SSSR count). The van der Waals surface area contributed by atoms with Gasteiger partial charge in [-0.05, 0) is 36.2 Å². The lowest BCUT2D eigenvalue weighted by Crippen LogP contribution is -2.12. The van der Waals surface area contributed by atoms with E-state index in [-0.39, 0.29) is 0 Å². The fourth-order valence-electron chi connectivity index (χ4n) is 2.91. The first-order valence-electron chi connectivity index (χ1n) is 6.71. The van der Waals surface area contributed by atoms with Gasteiger partial charge in [0.2, 0.25) is 0 Å². The van der Waals surface area contributed by atoms with Gasteiger partial charge in [-0.3, -0.25) is 0 Å². The van der Waals surface area contributed by atoms with Crippen LogP contribution in [0.4, 0.5) is 5.82 Å². The minimum absolute atomic E-state index is 0.333. The van der Waals surface area contributed by atoms with E-state index in [9.17, 15) is 5.26 Å². The van der Waals surface area contributed by atoms with Crippen molar-refractivity contribution in [3.63, 3.8) is 0 Å². The molecule has 1 saturated carbocycles. The molecule has 102 valence electrons. The largest absolute Gasteiger partial charge is 0.367 e. The summed E-state index contributed by atoms with van der Waals surface area (Å²) in [6.07, 6.45) is 0. The Morgan fingerprint density at radius 1 is 1.16 bits per heavy atom. The molecule has 0 aliphatic heterocycles. The second-order valence-corrected chi connectivity index (χ2v) is 6.62. The molecule has 1 aliphatic carbocycles. The zero-order chi connectivity index (χ0) is 14.4. The van der Waals surface area contributed by atoms with E-state index in [0.29, 0.717) is 28.1 Å². The molecule has 1 aliphatic rings. The molecule has 1 heterocycles. The highest BCUT2D eigenvalue weighted by Crippen LogP contribution is 2.68. The summed E-state index contributed by atoms with van der Waals surface area (Å²) in [4.78, 5) is 0. The van der Waals surface area contributed by atoms with Crippen LogP contribution in [0.5, 0.6) is 0 Å². The number of rotatable bonds is 3. The van der Waals surface area contributed by atoms with Crippen molar-refractivity contribution in [2.24, 2.45) is 16.7 Å². The number of nitrogens with zero attached hydrogens (tertiary/aromatic N) is 3. The monoisotopic (exact) mass is 258 g/mol. The molecule has 4 nitrogen and oxygen atoms in total.